The Balaban J connectivity index is 1.69. The summed E-state index contributed by atoms with van der Waals surface area (Å²) in [5, 5.41) is 4.71. The van der Waals surface area contributed by atoms with Gasteiger partial charge in [0.25, 0.3) is 0 Å². The monoisotopic (exact) mass is 346 g/mol. The maximum Gasteiger partial charge on any atom is 0.161 e. The topological polar surface area (TPSA) is 36.3 Å². The molecule has 0 spiro atoms. The van der Waals surface area contributed by atoms with Gasteiger partial charge in [-0.3, -0.25) is 5.10 Å². The van der Waals surface area contributed by atoms with Gasteiger partial charge < -0.3 is 4.90 Å². The first-order valence-electron chi connectivity index (χ1n) is 8.48. The molecule has 4 aromatic rings. The Hall–Kier alpha value is -2.66. The number of aromatic nitrogens is 3. The Kier molecular flexibility index (Phi) is 3.18. The standard InChI is InChI=1S/C20H18N4S/c1-3-23-17-10-6-7-11-18(17)25-19(23)12-14-13(2)22-24-16-9-5-4-8-15(16)21-20(14)24/h4-12,22H,3H2,1-2H3. The molecule has 0 bridgehead atoms. The van der Waals surface area contributed by atoms with Gasteiger partial charge in [-0.15, -0.1) is 0 Å². The number of hydrogen-bond donors (Lipinski definition) is 1. The van der Waals surface area contributed by atoms with Crippen molar-refractivity contribution in [2.45, 2.75) is 18.7 Å². The van der Waals surface area contributed by atoms with Gasteiger partial charge in [0.2, 0.25) is 0 Å². The third-order valence-electron chi connectivity index (χ3n) is 4.71. The van der Waals surface area contributed by atoms with Crippen LogP contribution in [0.2, 0.25) is 0 Å². The Morgan fingerprint density at radius 3 is 2.80 bits per heavy atom. The second-order valence-corrected chi connectivity index (χ2v) is 7.27. The fraction of sp³-hybridized carbons (Fsp3) is 0.150. The van der Waals surface area contributed by atoms with Crippen molar-refractivity contribution in [3.63, 3.8) is 0 Å². The van der Waals surface area contributed by atoms with Crippen molar-refractivity contribution in [1.29, 1.82) is 0 Å². The normalized spacial score (nSPS) is 15.6. The van der Waals surface area contributed by atoms with E-state index >= 15 is 0 Å². The molecule has 2 aromatic heterocycles. The number of aryl methyl sites for hydroxylation is 1. The lowest BCUT2D eigenvalue weighted by Gasteiger charge is -2.17. The van der Waals surface area contributed by atoms with Gasteiger partial charge in [-0.25, -0.2) is 9.50 Å². The number of nitrogens with one attached hydrogen (secondary N) is 1. The summed E-state index contributed by atoms with van der Waals surface area (Å²) < 4.78 is 2.08. The molecule has 2 aromatic carbocycles. The summed E-state index contributed by atoms with van der Waals surface area (Å²) in [4.78, 5) is 8.52. The number of thioether (sulfide) groups is 1. The number of anilines is 1. The molecular weight excluding hydrogens is 328 g/mol. The molecule has 1 aliphatic rings. The molecular formula is C20H18N4S. The lowest BCUT2D eigenvalue weighted by molar-refractivity contribution is 0.974. The van der Waals surface area contributed by atoms with Gasteiger partial charge in [-0.1, -0.05) is 36.0 Å². The predicted molar refractivity (Wildman–Crippen MR) is 105 cm³/mol. The highest BCUT2D eigenvalue weighted by Gasteiger charge is 2.24. The zero-order valence-electron chi connectivity index (χ0n) is 14.2. The van der Waals surface area contributed by atoms with Gasteiger partial charge in [0.1, 0.15) is 0 Å². The number of imidazole rings is 1. The largest absolute Gasteiger partial charge is 0.335 e. The molecule has 0 unspecified atom stereocenters. The minimum atomic E-state index is 0.950. The van der Waals surface area contributed by atoms with Crippen LogP contribution in [0, 0.1) is 6.92 Å². The van der Waals surface area contributed by atoms with Crippen molar-refractivity contribution in [3.8, 4) is 0 Å². The van der Waals surface area contributed by atoms with E-state index in [1.54, 1.807) is 0 Å². The number of H-pyrrole nitrogens is 1. The van der Waals surface area contributed by atoms with Crippen molar-refractivity contribution in [3.05, 3.63) is 64.8 Å². The summed E-state index contributed by atoms with van der Waals surface area (Å²) in [5.41, 5.74) is 6.69. The van der Waals surface area contributed by atoms with Crippen LogP contribution in [0.15, 0.2) is 58.5 Å². The lowest BCUT2D eigenvalue weighted by Crippen LogP contribution is -2.16. The van der Waals surface area contributed by atoms with Crippen molar-refractivity contribution < 1.29 is 0 Å². The molecule has 0 amide bonds. The van der Waals surface area contributed by atoms with Gasteiger partial charge in [0.05, 0.1) is 21.7 Å². The number of benzene rings is 2. The number of nitrogens with zero attached hydrogens (tertiary/aromatic N) is 3. The molecule has 124 valence electrons. The maximum atomic E-state index is 4.84. The summed E-state index contributed by atoms with van der Waals surface area (Å²) in [7, 11) is 0. The zero-order valence-corrected chi connectivity index (χ0v) is 15.0. The van der Waals surface area contributed by atoms with E-state index in [-0.39, 0.29) is 0 Å². The van der Waals surface area contributed by atoms with Crippen LogP contribution in [0.1, 0.15) is 18.2 Å². The van der Waals surface area contributed by atoms with Crippen LogP contribution in [0.5, 0.6) is 0 Å². The quantitative estimate of drug-likeness (QED) is 0.551. The van der Waals surface area contributed by atoms with Crippen LogP contribution in [0.3, 0.4) is 0 Å². The van der Waals surface area contributed by atoms with Crippen LogP contribution in [0.4, 0.5) is 5.69 Å². The molecule has 0 aliphatic carbocycles. The van der Waals surface area contributed by atoms with E-state index in [1.807, 2.05) is 23.9 Å². The fourth-order valence-electron chi connectivity index (χ4n) is 3.50. The van der Waals surface area contributed by atoms with E-state index in [4.69, 9.17) is 4.98 Å². The van der Waals surface area contributed by atoms with E-state index in [1.165, 1.54) is 15.6 Å². The van der Waals surface area contributed by atoms with Gasteiger partial charge in [0.15, 0.2) is 5.65 Å². The SMILES string of the molecule is CCN1C(=Cc2c(C)[nH]n3c2nc2ccccc23)Sc2ccccc21. The predicted octanol–water partition coefficient (Wildman–Crippen LogP) is 5.05. The molecule has 25 heavy (non-hydrogen) atoms. The number of aromatic amines is 1. The van der Waals surface area contributed by atoms with Crippen LogP contribution < -0.4 is 4.90 Å². The molecule has 4 nitrogen and oxygen atoms in total. The Morgan fingerprint density at radius 1 is 1.12 bits per heavy atom. The van der Waals surface area contributed by atoms with Crippen LogP contribution >= 0.6 is 11.8 Å². The second kappa shape index (κ2) is 5.43. The Bertz CT molecular complexity index is 1140. The first-order valence-corrected chi connectivity index (χ1v) is 9.30. The molecule has 0 saturated carbocycles. The van der Waals surface area contributed by atoms with Crippen molar-refractivity contribution in [2.24, 2.45) is 0 Å². The van der Waals surface area contributed by atoms with Crippen molar-refractivity contribution in [2.75, 3.05) is 11.4 Å². The molecule has 0 saturated heterocycles. The third kappa shape index (κ3) is 2.12. The number of hydrogen-bond acceptors (Lipinski definition) is 3. The lowest BCUT2D eigenvalue weighted by atomic mass is 10.2. The second-order valence-electron chi connectivity index (χ2n) is 6.21. The van der Waals surface area contributed by atoms with E-state index in [0.717, 1.165) is 34.5 Å². The highest BCUT2D eigenvalue weighted by molar-refractivity contribution is 8.03. The molecule has 1 N–H and O–H groups in total. The van der Waals surface area contributed by atoms with Gasteiger partial charge >= 0.3 is 0 Å². The van der Waals surface area contributed by atoms with Gasteiger partial charge in [-0.2, -0.15) is 0 Å². The summed E-state index contributed by atoms with van der Waals surface area (Å²) in [6, 6.07) is 16.8. The average molecular weight is 346 g/mol. The summed E-state index contributed by atoms with van der Waals surface area (Å²) in [6.45, 7) is 5.25. The van der Waals surface area contributed by atoms with E-state index in [0.29, 0.717) is 0 Å². The number of fused-ring (bicyclic) bond motifs is 4. The fourth-order valence-corrected chi connectivity index (χ4v) is 4.67. The van der Waals surface area contributed by atoms with Crippen LogP contribution in [0.25, 0.3) is 22.8 Å². The van der Waals surface area contributed by atoms with Gasteiger partial charge in [-0.05, 0) is 44.2 Å². The molecule has 0 fully saturated rings. The summed E-state index contributed by atoms with van der Waals surface area (Å²) in [5.74, 6) is 0. The summed E-state index contributed by atoms with van der Waals surface area (Å²) in [6.07, 6.45) is 2.27. The first kappa shape index (κ1) is 14.7. The van der Waals surface area contributed by atoms with E-state index in [9.17, 15) is 0 Å². The molecule has 5 rings (SSSR count). The summed E-state index contributed by atoms with van der Waals surface area (Å²) >= 11 is 1.83. The number of rotatable bonds is 2. The van der Waals surface area contributed by atoms with E-state index < -0.39 is 0 Å². The van der Waals surface area contributed by atoms with E-state index in [2.05, 4.69) is 70.8 Å². The van der Waals surface area contributed by atoms with Crippen LogP contribution in [-0.4, -0.2) is 21.1 Å². The molecule has 0 atom stereocenters. The van der Waals surface area contributed by atoms with Crippen molar-refractivity contribution in [1.82, 2.24) is 14.6 Å². The first-order chi connectivity index (χ1) is 12.3. The van der Waals surface area contributed by atoms with Crippen molar-refractivity contribution >= 4 is 40.2 Å². The van der Waals surface area contributed by atoms with Gasteiger partial charge in [0, 0.05) is 22.7 Å². The molecule has 3 heterocycles. The average Bonchev–Trinajstić information content (AvgIpc) is 3.26. The third-order valence-corrected chi connectivity index (χ3v) is 5.82. The number of para-hydroxylation sites is 3. The Labute approximate surface area is 150 Å². The highest BCUT2D eigenvalue weighted by atomic mass is 32.2. The Morgan fingerprint density at radius 2 is 1.92 bits per heavy atom. The smallest absolute Gasteiger partial charge is 0.161 e. The minimum absolute atomic E-state index is 0.950. The molecule has 0 radical (unpaired) electrons. The van der Waals surface area contributed by atoms with Crippen LogP contribution in [-0.2, 0) is 0 Å². The molecule has 1 aliphatic heterocycles. The zero-order chi connectivity index (χ0) is 17.0. The highest BCUT2D eigenvalue weighted by Crippen LogP contribution is 2.46. The molecule has 5 heteroatoms. The minimum Gasteiger partial charge on any atom is -0.335 e. The maximum absolute atomic E-state index is 4.84.